The van der Waals surface area contributed by atoms with E-state index >= 15 is 0 Å². The minimum Gasteiger partial charge on any atom is -0.387 e. The van der Waals surface area contributed by atoms with Crippen molar-refractivity contribution >= 4 is 27.3 Å². The highest BCUT2D eigenvalue weighted by molar-refractivity contribution is 7.89. The zero-order valence-corrected chi connectivity index (χ0v) is 12.1. The summed E-state index contributed by atoms with van der Waals surface area (Å²) in [5.41, 5.74) is 1.20. The Balaban J connectivity index is 2.37. The lowest BCUT2D eigenvalue weighted by molar-refractivity contribution is 0.102. The number of hydrogen-bond acceptors (Lipinski definition) is 4. The molecule has 1 amide bonds. The summed E-state index contributed by atoms with van der Waals surface area (Å²) in [7, 11) is -2.21. The van der Waals surface area contributed by atoms with Crippen molar-refractivity contribution in [3.8, 4) is 0 Å². The highest BCUT2D eigenvalue weighted by atomic mass is 32.2. The third-order valence-electron chi connectivity index (χ3n) is 2.88. The average Bonchev–Trinajstić information content (AvgIpc) is 2.46. The van der Waals surface area contributed by atoms with Gasteiger partial charge in [0.1, 0.15) is 4.90 Å². The molecule has 0 aliphatic rings. The van der Waals surface area contributed by atoms with Crippen LogP contribution in [0.1, 0.15) is 10.4 Å². The number of nitrogens with one attached hydrogen (secondary N) is 2. The van der Waals surface area contributed by atoms with Gasteiger partial charge in [0.2, 0.25) is 10.0 Å². The van der Waals surface area contributed by atoms with Gasteiger partial charge in [-0.05, 0) is 24.3 Å². The molecular formula is C14H15N3O3S. The summed E-state index contributed by atoms with van der Waals surface area (Å²) in [5, 5.41) is 10.6. The molecule has 0 aromatic heterocycles. The van der Waals surface area contributed by atoms with Crippen molar-refractivity contribution in [1.29, 1.82) is 0 Å². The minimum atomic E-state index is -3.91. The Morgan fingerprint density at radius 3 is 2.19 bits per heavy atom. The van der Waals surface area contributed by atoms with E-state index in [1.165, 1.54) is 18.2 Å². The molecule has 7 heteroatoms. The van der Waals surface area contributed by atoms with E-state index < -0.39 is 15.9 Å². The molecule has 0 unspecified atom stereocenters. The van der Waals surface area contributed by atoms with E-state index in [0.29, 0.717) is 11.3 Å². The minimum absolute atomic E-state index is 0.125. The van der Waals surface area contributed by atoms with Crippen LogP contribution >= 0.6 is 0 Å². The van der Waals surface area contributed by atoms with E-state index in [1.807, 2.05) is 0 Å². The van der Waals surface area contributed by atoms with Gasteiger partial charge < -0.3 is 10.6 Å². The third-order valence-corrected chi connectivity index (χ3v) is 3.85. The molecule has 0 radical (unpaired) electrons. The van der Waals surface area contributed by atoms with E-state index in [9.17, 15) is 13.2 Å². The number of anilines is 2. The molecule has 4 N–H and O–H groups in total. The van der Waals surface area contributed by atoms with Crippen LogP contribution in [0.5, 0.6) is 0 Å². The number of para-hydroxylation sites is 2. The van der Waals surface area contributed by atoms with Crippen molar-refractivity contribution in [1.82, 2.24) is 0 Å². The summed E-state index contributed by atoms with van der Waals surface area (Å²) < 4.78 is 23.0. The molecule has 0 spiro atoms. The lowest BCUT2D eigenvalue weighted by Gasteiger charge is -2.12. The fourth-order valence-corrected chi connectivity index (χ4v) is 2.60. The molecule has 2 aromatic rings. The molecule has 0 saturated heterocycles. The normalized spacial score (nSPS) is 11.0. The molecule has 0 saturated carbocycles. The average molecular weight is 305 g/mol. The molecule has 2 rings (SSSR count). The first-order valence-electron chi connectivity index (χ1n) is 6.13. The van der Waals surface area contributed by atoms with E-state index in [0.717, 1.165) is 0 Å². The summed E-state index contributed by atoms with van der Waals surface area (Å²) in [6, 6.07) is 12.9. The van der Waals surface area contributed by atoms with Crippen molar-refractivity contribution in [3.05, 3.63) is 54.1 Å². The van der Waals surface area contributed by atoms with Gasteiger partial charge in [-0.15, -0.1) is 0 Å². The number of hydrogen-bond donors (Lipinski definition) is 3. The predicted octanol–water partition coefficient (Wildman–Crippen LogP) is 1.63. The van der Waals surface area contributed by atoms with Gasteiger partial charge in [0.25, 0.3) is 5.91 Å². The van der Waals surface area contributed by atoms with E-state index in [1.54, 1.807) is 37.4 Å². The molecule has 0 bridgehead atoms. The van der Waals surface area contributed by atoms with Crippen molar-refractivity contribution < 1.29 is 13.2 Å². The highest BCUT2D eigenvalue weighted by Crippen LogP contribution is 2.22. The number of amides is 1. The molecule has 110 valence electrons. The molecule has 0 heterocycles. The van der Waals surface area contributed by atoms with Crippen LogP contribution in [0.15, 0.2) is 53.4 Å². The lowest BCUT2D eigenvalue weighted by Crippen LogP contribution is -2.19. The Kier molecular flexibility index (Phi) is 4.25. The van der Waals surface area contributed by atoms with Gasteiger partial charge >= 0.3 is 0 Å². The smallest absolute Gasteiger partial charge is 0.257 e. The zero-order chi connectivity index (χ0) is 15.5. The second-order valence-corrected chi connectivity index (χ2v) is 5.82. The molecule has 0 aliphatic carbocycles. The molecular weight excluding hydrogens is 290 g/mol. The van der Waals surface area contributed by atoms with Crippen molar-refractivity contribution in [2.45, 2.75) is 4.90 Å². The molecule has 2 aromatic carbocycles. The molecule has 0 atom stereocenters. The number of rotatable bonds is 4. The van der Waals surface area contributed by atoms with Gasteiger partial charge in [0.15, 0.2) is 0 Å². The first-order chi connectivity index (χ1) is 9.93. The van der Waals surface area contributed by atoms with Gasteiger partial charge in [0.05, 0.1) is 11.3 Å². The van der Waals surface area contributed by atoms with E-state index in [2.05, 4.69) is 10.6 Å². The van der Waals surface area contributed by atoms with Crippen LogP contribution in [0.2, 0.25) is 0 Å². The third kappa shape index (κ3) is 3.39. The largest absolute Gasteiger partial charge is 0.387 e. The maximum Gasteiger partial charge on any atom is 0.257 e. The van der Waals surface area contributed by atoms with Gasteiger partial charge in [-0.3, -0.25) is 4.79 Å². The van der Waals surface area contributed by atoms with E-state index in [-0.39, 0.29) is 10.6 Å². The summed E-state index contributed by atoms with van der Waals surface area (Å²) in [5.74, 6) is -0.420. The zero-order valence-electron chi connectivity index (χ0n) is 11.3. The Hall–Kier alpha value is -2.38. The Morgan fingerprint density at radius 2 is 1.57 bits per heavy atom. The first kappa shape index (κ1) is 15.0. The molecule has 21 heavy (non-hydrogen) atoms. The van der Waals surface area contributed by atoms with Crippen LogP contribution in [-0.2, 0) is 10.0 Å². The van der Waals surface area contributed by atoms with Crippen molar-refractivity contribution in [3.63, 3.8) is 0 Å². The summed E-state index contributed by atoms with van der Waals surface area (Å²) in [4.78, 5) is 12.2. The second kappa shape index (κ2) is 5.94. The predicted molar refractivity (Wildman–Crippen MR) is 81.8 cm³/mol. The number of carbonyl (C=O) groups excluding carboxylic acids is 1. The van der Waals surface area contributed by atoms with Crippen molar-refractivity contribution in [2.75, 3.05) is 17.7 Å². The Labute approximate surface area is 123 Å². The Morgan fingerprint density at radius 1 is 1.00 bits per heavy atom. The number of nitrogens with two attached hydrogens (primary N) is 1. The highest BCUT2D eigenvalue weighted by Gasteiger charge is 2.17. The standard InChI is InChI=1S/C14H15N3O3S/c1-16-11-7-3-2-6-10(11)14(18)17-12-8-4-5-9-13(12)21(15,19)20/h2-9,16H,1H3,(H,17,18)(H2,15,19,20). The van der Waals surface area contributed by atoms with Crippen LogP contribution in [0.25, 0.3) is 0 Å². The number of carbonyl (C=O) groups is 1. The van der Waals surface area contributed by atoms with Gasteiger partial charge in [-0.1, -0.05) is 24.3 Å². The van der Waals surface area contributed by atoms with Crippen LogP contribution in [0, 0.1) is 0 Å². The summed E-state index contributed by atoms with van der Waals surface area (Å²) in [6.07, 6.45) is 0. The van der Waals surface area contributed by atoms with Crippen LogP contribution in [0.4, 0.5) is 11.4 Å². The van der Waals surface area contributed by atoms with Crippen LogP contribution in [0.3, 0.4) is 0 Å². The van der Waals surface area contributed by atoms with E-state index in [4.69, 9.17) is 5.14 Å². The molecule has 0 fully saturated rings. The van der Waals surface area contributed by atoms with Crippen molar-refractivity contribution in [2.24, 2.45) is 5.14 Å². The monoisotopic (exact) mass is 305 g/mol. The maximum absolute atomic E-state index is 12.3. The quantitative estimate of drug-likeness (QED) is 0.799. The van der Waals surface area contributed by atoms with Gasteiger partial charge in [-0.25, -0.2) is 13.6 Å². The SMILES string of the molecule is CNc1ccccc1C(=O)Nc1ccccc1S(N)(=O)=O. The van der Waals surface area contributed by atoms with Gasteiger partial charge in [-0.2, -0.15) is 0 Å². The lowest BCUT2D eigenvalue weighted by atomic mass is 10.1. The van der Waals surface area contributed by atoms with Crippen LogP contribution < -0.4 is 15.8 Å². The topological polar surface area (TPSA) is 101 Å². The van der Waals surface area contributed by atoms with Crippen LogP contribution in [-0.4, -0.2) is 21.4 Å². The first-order valence-corrected chi connectivity index (χ1v) is 7.68. The second-order valence-electron chi connectivity index (χ2n) is 4.29. The molecule has 6 nitrogen and oxygen atoms in total. The fourth-order valence-electron chi connectivity index (χ4n) is 1.91. The fraction of sp³-hybridized carbons (Fsp3) is 0.0714. The number of primary sulfonamides is 1. The molecule has 0 aliphatic heterocycles. The number of sulfonamides is 1. The summed E-state index contributed by atoms with van der Waals surface area (Å²) in [6.45, 7) is 0. The Bertz CT molecular complexity index is 773. The summed E-state index contributed by atoms with van der Waals surface area (Å²) >= 11 is 0. The van der Waals surface area contributed by atoms with Gasteiger partial charge in [0, 0.05) is 12.7 Å². The number of benzene rings is 2. The maximum atomic E-state index is 12.3.